The summed E-state index contributed by atoms with van der Waals surface area (Å²) in [5.74, 6) is 2.86. The first kappa shape index (κ1) is 27.8. The molecule has 3 heteroatoms. The fraction of sp³-hybridized carbons (Fsp3) is 0.200. The van der Waals surface area contributed by atoms with Crippen LogP contribution in [0.25, 0.3) is 21.9 Å². The van der Waals surface area contributed by atoms with E-state index in [4.69, 9.17) is 4.42 Å². The van der Waals surface area contributed by atoms with E-state index in [1.165, 1.54) is 32.1 Å². The average molecular weight is 623 g/mol. The van der Waals surface area contributed by atoms with Gasteiger partial charge in [0.05, 0.1) is 11.4 Å². The summed E-state index contributed by atoms with van der Waals surface area (Å²) in [5.41, 5.74) is 10.2. The first-order valence-electron chi connectivity index (χ1n) is 17.5. The summed E-state index contributed by atoms with van der Waals surface area (Å²) in [6.45, 7) is 0. The molecule has 4 aliphatic carbocycles. The van der Waals surface area contributed by atoms with Crippen molar-refractivity contribution in [1.29, 1.82) is 0 Å². The number of anilines is 6. The van der Waals surface area contributed by atoms with Gasteiger partial charge in [0.1, 0.15) is 0 Å². The standard InChI is InChI=1S/C45H38N2O/c1-4-12-35(13-5-1)46(36-14-6-2-7-15-36)41-20-10-18-39-40-19-11-21-42(44(40)48-43(39)41)47(37-16-8-3-9-17-37)38-24-22-34(23-25-38)45-28-31-26-32(29-45)33(27-31)30-45/h1-25,31-33H,26-30H2. The fourth-order valence-corrected chi connectivity index (χ4v) is 9.86. The number of para-hydroxylation sites is 5. The van der Waals surface area contributed by atoms with Crippen LogP contribution in [0.5, 0.6) is 0 Å². The molecule has 0 spiro atoms. The van der Waals surface area contributed by atoms with Crippen molar-refractivity contribution in [3.8, 4) is 0 Å². The van der Waals surface area contributed by atoms with Crippen molar-refractivity contribution in [3.63, 3.8) is 0 Å². The molecule has 0 radical (unpaired) electrons. The van der Waals surface area contributed by atoms with Gasteiger partial charge in [-0.05, 0) is 121 Å². The number of furan rings is 1. The van der Waals surface area contributed by atoms with Crippen molar-refractivity contribution in [2.75, 3.05) is 9.80 Å². The van der Waals surface area contributed by atoms with E-state index in [1.807, 2.05) is 0 Å². The topological polar surface area (TPSA) is 19.6 Å². The zero-order chi connectivity index (χ0) is 31.7. The van der Waals surface area contributed by atoms with Gasteiger partial charge < -0.3 is 14.2 Å². The molecule has 1 heterocycles. The summed E-state index contributed by atoms with van der Waals surface area (Å²) < 4.78 is 7.05. The molecular formula is C45H38N2O. The van der Waals surface area contributed by atoms with Crippen LogP contribution in [0.1, 0.15) is 37.7 Å². The molecule has 6 aromatic carbocycles. The highest BCUT2D eigenvalue weighted by molar-refractivity contribution is 6.14. The van der Waals surface area contributed by atoms with Crippen molar-refractivity contribution in [2.45, 2.75) is 37.5 Å². The molecule has 1 aromatic heterocycles. The monoisotopic (exact) mass is 622 g/mol. The second kappa shape index (κ2) is 10.9. The molecule has 7 aromatic rings. The minimum absolute atomic E-state index is 0.394. The molecule has 0 aliphatic heterocycles. The highest BCUT2D eigenvalue weighted by Crippen LogP contribution is 2.64. The molecule has 2 atom stereocenters. The molecule has 11 rings (SSSR count). The summed E-state index contributed by atoms with van der Waals surface area (Å²) >= 11 is 0. The molecule has 4 saturated carbocycles. The minimum atomic E-state index is 0.394. The van der Waals surface area contributed by atoms with E-state index >= 15 is 0 Å². The van der Waals surface area contributed by atoms with Crippen molar-refractivity contribution in [3.05, 3.63) is 157 Å². The van der Waals surface area contributed by atoms with Crippen LogP contribution < -0.4 is 9.80 Å². The molecule has 0 amide bonds. The van der Waals surface area contributed by atoms with Crippen LogP contribution in [0.15, 0.2) is 156 Å². The third kappa shape index (κ3) is 4.34. The van der Waals surface area contributed by atoms with E-state index in [9.17, 15) is 0 Å². The van der Waals surface area contributed by atoms with Gasteiger partial charge in [-0.1, -0.05) is 91.0 Å². The number of hydrogen-bond acceptors (Lipinski definition) is 3. The first-order chi connectivity index (χ1) is 23.7. The Morgan fingerprint density at radius 1 is 0.438 bits per heavy atom. The maximum absolute atomic E-state index is 7.05. The van der Waals surface area contributed by atoms with E-state index < -0.39 is 0 Å². The lowest BCUT2D eigenvalue weighted by Gasteiger charge is -2.39. The quantitative estimate of drug-likeness (QED) is 0.176. The SMILES string of the molecule is c1ccc(N(c2ccccc2)c2cccc3c2oc2c(N(c4ccccc4)c4ccc(C56CC7CC(C5)C(C7)C6)cc4)cccc23)cc1. The summed E-state index contributed by atoms with van der Waals surface area (Å²) in [7, 11) is 0. The Morgan fingerprint density at radius 2 is 0.875 bits per heavy atom. The highest BCUT2D eigenvalue weighted by atomic mass is 16.3. The van der Waals surface area contributed by atoms with Crippen molar-refractivity contribution < 1.29 is 4.42 Å². The van der Waals surface area contributed by atoms with Crippen LogP contribution in [0.4, 0.5) is 34.1 Å². The smallest absolute Gasteiger partial charge is 0.159 e. The van der Waals surface area contributed by atoms with Crippen LogP contribution >= 0.6 is 0 Å². The van der Waals surface area contributed by atoms with Gasteiger partial charge in [0.2, 0.25) is 0 Å². The molecule has 0 N–H and O–H groups in total. The van der Waals surface area contributed by atoms with E-state index in [2.05, 4.69) is 161 Å². The predicted molar refractivity (Wildman–Crippen MR) is 198 cm³/mol. The molecule has 48 heavy (non-hydrogen) atoms. The van der Waals surface area contributed by atoms with Gasteiger partial charge in [-0.15, -0.1) is 0 Å². The predicted octanol–water partition coefficient (Wildman–Crippen LogP) is 12.6. The van der Waals surface area contributed by atoms with Crippen LogP contribution in [0.3, 0.4) is 0 Å². The Hall–Kier alpha value is -5.28. The molecule has 2 unspecified atom stereocenters. The van der Waals surface area contributed by atoms with Crippen molar-refractivity contribution in [1.82, 2.24) is 0 Å². The Balaban J connectivity index is 1.12. The molecule has 0 saturated heterocycles. The summed E-state index contributed by atoms with van der Waals surface area (Å²) in [4.78, 5) is 4.66. The molecular weight excluding hydrogens is 585 g/mol. The lowest BCUT2D eigenvalue weighted by Crippen LogP contribution is -2.31. The maximum Gasteiger partial charge on any atom is 0.159 e. The van der Waals surface area contributed by atoms with Gasteiger partial charge >= 0.3 is 0 Å². The van der Waals surface area contributed by atoms with Crippen LogP contribution in [0.2, 0.25) is 0 Å². The second-order valence-electron chi connectivity index (χ2n) is 14.4. The zero-order valence-corrected chi connectivity index (χ0v) is 27.0. The number of fused-ring (bicyclic) bond motifs is 3. The van der Waals surface area contributed by atoms with Crippen LogP contribution in [-0.4, -0.2) is 0 Å². The highest BCUT2D eigenvalue weighted by Gasteiger charge is 2.56. The Labute approximate surface area is 282 Å². The number of rotatable bonds is 7. The van der Waals surface area contributed by atoms with E-state index in [-0.39, 0.29) is 0 Å². The van der Waals surface area contributed by atoms with Gasteiger partial charge in [0.15, 0.2) is 11.2 Å². The molecule has 4 bridgehead atoms. The van der Waals surface area contributed by atoms with E-state index in [1.54, 1.807) is 5.56 Å². The summed E-state index contributed by atoms with van der Waals surface area (Å²) in [5, 5.41) is 2.22. The van der Waals surface area contributed by atoms with E-state index in [0.717, 1.165) is 73.8 Å². The molecule has 4 aliphatic rings. The average Bonchev–Trinajstić information content (AvgIpc) is 3.75. The number of hydrogen-bond donors (Lipinski definition) is 0. The third-order valence-electron chi connectivity index (χ3n) is 11.7. The normalized spacial score (nSPS) is 22.5. The van der Waals surface area contributed by atoms with Crippen molar-refractivity contribution in [2.24, 2.45) is 17.8 Å². The summed E-state index contributed by atoms with van der Waals surface area (Å²) in [6.07, 6.45) is 7.11. The first-order valence-corrected chi connectivity index (χ1v) is 17.5. The molecule has 3 nitrogen and oxygen atoms in total. The summed E-state index contributed by atoms with van der Waals surface area (Å²) in [6, 6.07) is 54.5. The third-order valence-corrected chi connectivity index (χ3v) is 11.7. The number of nitrogens with zero attached hydrogens (tertiary/aromatic N) is 2. The Morgan fingerprint density at radius 3 is 1.31 bits per heavy atom. The van der Waals surface area contributed by atoms with Gasteiger partial charge in [-0.25, -0.2) is 0 Å². The lowest BCUT2D eigenvalue weighted by molar-refractivity contribution is 0.229. The van der Waals surface area contributed by atoms with Crippen LogP contribution in [-0.2, 0) is 5.41 Å². The van der Waals surface area contributed by atoms with Gasteiger partial charge in [-0.2, -0.15) is 0 Å². The molecule has 234 valence electrons. The van der Waals surface area contributed by atoms with Gasteiger partial charge in [-0.3, -0.25) is 0 Å². The molecule has 4 fully saturated rings. The largest absolute Gasteiger partial charge is 0.452 e. The zero-order valence-electron chi connectivity index (χ0n) is 27.0. The van der Waals surface area contributed by atoms with Gasteiger partial charge in [0, 0.05) is 33.5 Å². The Bertz CT molecular complexity index is 2180. The number of benzene rings is 6. The Kier molecular flexibility index (Phi) is 6.30. The van der Waals surface area contributed by atoms with E-state index in [0.29, 0.717) is 5.41 Å². The van der Waals surface area contributed by atoms with Crippen LogP contribution in [0, 0.1) is 17.8 Å². The lowest BCUT2D eigenvalue weighted by atomic mass is 9.66. The van der Waals surface area contributed by atoms with Crippen molar-refractivity contribution >= 4 is 56.1 Å². The minimum Gasteiger partial charge on any atom is -0.452 e. The fourth-order valence-electron chi connectivity index (χ4n) is 9.86. The second-order valence-corrected chi connectivity index (χ2v) is 14.4. The maximum atomic E-state index is 7.05. The van der Waals surface area contributed by atoms with Gasteiger partial charge in [0.25, 0.3) is 0 Å².